The summed E-state index contributed by atoms with van der Waals surface area (Å²) in [6, 6.07) is 7.14. The van der Waals surface area contributed by atoms with Crippen LogP contribution in [0.25, 0.3) is 0 Å². The van der Waals surface area contributed by atoms with Gasteiger partial charge in [-0.05, 0) is 59.1 Å². The first-order valence-corrected chi connectivity index (χ1v) is 12.8. The van der Waals surface area contributed by atoms with Crippen LogP contribution in [0.2, 0.25) is 0 Å². The highest BCUT2D eigenvalue weighted by Crippen LogP contribution is 2.37. The zero-order valence-corrected chi connectivity index (χ0v) is 21.0. The van der Waals surface area contributed by atoms with E-state index in [-0.39, 0.29) is 19.6 Å². The van der Waals surface area contributed by atoms with E-state index in [0.29, 0.717) is 5.69 Å². The van der Waals surface area contributed by atoms with Crippen molar-refractivity contribution in [3.63, 3.8) is 0 Å². The first kappa shape index (κ1) is 25.5. The summed E-state index contributed by atoms with van der Waals surface area (Å²) < 4.78 is 45.4. The fourth-order valence-corrected chi connectivity index (χ4v) is 4.58. The Hall–Kier alpha value is -2.11. The summed E-state index contributed by atoms with van der Waals surface area (Å²) in [4.78, 5) is 26.3. The highest BCUT2D eigenvalue weighted by atomic mass is 32.2. The predicted octanol–water partition coefficient (Wildman–Crippen LogP) is 2.07. The maximum Gasteiger partial charge on any atom is 0.494 e. The third-order valence-electron chi connectivity index (χ3n) is 6.75. The van der Waals surface area contributed by atoms with Gasteiger partial charge >= 0.3 is 19.2 Å². The van der Waals surface area contributed by atoms with Gasteiger partial charge < -0.3 is 18.8 Å². The molecular weight excluding hydrogens is 449 g/mol. The average molecular weight is 481 g/mol. The first-order valence-electron chi connectivity index (χ1n) is 10.9. The van der Waals surface area contributed by atoms with Gasteiger partial charge in [0.05, 0.1) is 24.4 Å². The minimum atomic E-state index is -3.82. The van der Waals surface area contributed by atoms with Crippen LogP contribution in [0, 0.1) is 0 Å². The lowest BCUT2D eigenvalue weighted by Crippen LogP contribution is -2.47. The molecule has 0 radical (unpaired) electrons. The molecule has 1 amide bonds. The molecule has 0 aliphatic carbocycles. The van der Waals surface area contributed by atoms with Crippen molar-refractivity contribution in [2.45, 2.75) is 70.0 Å². The van der Waals surface area contributed by atoms with Gasteiger partial charge in [-0.15, -0.1) is 0 Å². The van der Waals surface area contributed by atoms with Gasteiger partial charge in [-0.3, -0.25) is 9.69 Å². The van der Waals surface area contributed by atoms with Crippen LogP contribution in [-0.4, -0.2) is 69.1 Å². The molecule has 3 rings (SSSR count). The van der Waals surface area contributed by atoms with E-state index < -0.39 is 51.1 Å². The maximum absolute atomic E-state index is 12.5. The van der Waals surface area contributed by atoms with Gasteiger partial charge in [-0.1, -0.05) is 12.1 Å². The van der Waals surface area contributed by atoms with Crippen molar-refractivity contribution in [1.29, 1.82) is 0 Å². The lowest BCUT2D eigenvalue weighted by molar-refractivity contribution is -0.146. The molecule has 0 saturated carbocycles. The summed E-state index contributed by atoms with van der Waals surface area (Å²) in [6.45, 7) is 11.0. The van der Waals surface area contributed by atoms with Crippen LogP contribution >= 0.6 is 0 Å². The third-order valence-corrected chi connectivity index (χ3v) is 8.72. The number of rotatable bonds is 7. The van der Waals surface area contributed by atoms with Gasteiger partial charge in [-0.25, -0.2) is 13.2 Å². The van der Waals surface area contributed by atoms with E-state index in [2.05, 4.69) is 0 Å². The normalized spacial score (nSPS) is 23.8. The zero-order chi connectivity index (χ0) is 24.8. The first-order chi connectivity index (χ1) is 15.1. The molecule has 11 heteroatoms. The number of hydrogen-bond donors (Lipinski definition) is 0. The number of hydrogen-bond acceptors (Lipinski definition) is 8. The van der Waals surface area contributed by atoms with Crippen molar-refractivity contribution in [3.05, 3.63) is 24.3 Å². The van der Waals surface area contributed by atoms with Crippen molar-refractivity contribution in [3.8, 4) is 0 Å². The summed E-state index contributed by atoms with van der Waals surface area (Å²) in [6.07, 6.45) is -0.612. The van der Waals surface area contributed by atoms with Crippen LogP contribution in [-0.2, 0) is 33.4 Å². The highest BCUT2D eigenvalue weighted by molar-refractivity contribution is 7.92. The molecule has 33 heavy (non-hydrogen) atoms. The summed E-state index contributed by atoms with van der Waals surface area (Å²) >= 11 is 0. The van der Waals surface area contributed by atoms with Gasteiger partial charge in [0.2, 0.25) is 0 Å². The molecular formula is C22H32BNO8S. The summed E-state index contributed by atoms with van der Waals surface area (Å²) in [5, 5.41) is 0. The van der Waals surface area contributed by atoms with Crippen LogP contribution < -0.4 is 10.4 Å². The molecule has 2 heterocycles. The number of anilines is 1. The second kappa shape index (κ2) is 8.59. The van der Waals surface area contributed by atoms with Gasteiger partial charge in [-0.2, -0.15) is 0 Å². The summed E-state index contributed by atoms with van der Waals surface area (Å²) in [7, 11) is -4.34. The SMILES string of the molecule is CCOC(=O)C(C)(CC1CN(c2ccc(B3OC(C)(C)C(C)(C)O3)cc2)C(=O)O1)S(C)(=O)=O. The largest absolute Gasteiger partial charge is 0.494 e. The van der Waals surface area contributed by atoms with Gasteiger partial charge in [0.1, 0.15) is 6.10 Å². The van der Waals surface area contributed by atoms with Gasteiger partial charge in [0.15, 0.2) is 14.6 Å². The number of nitrogens with zero attached hydrogens (tertiary/aromatic N) is 1. The Morgan fingerprint density at radius 2 is 1.73 bits per heavy atom. The average Bonchev–Trinajstić information content (AvgIpc) is 3.16. The number of carbonyl (C=O) groups excluding carboxylic acids is 2. The number of esters is 1. The molecule has 2 aliphatic rings. The second-order valence-corrected chi connectivity index (χ2v) is 12.2. The Morgan fingerprint density at radius 3 is 2.21 bits per heavy atom. The minimum Gasteiger partial charge on any atom is -0.465 e. The van der Waals surface area contributed by atoms with Crippen LogP contribution in [0.4, 0.5) is 10.5 Å². The standard InChI is InChI=1S/C22H32BNO8S/c1-8-29-18(25)22(6,33(7,27)28)13-17-14-24(19(26)30-17)16-11-9-15(10-12-16)23-31-20(2,3)21(4,5)32-23/h9-12,17H,8,13-14H2,1-7H3. The van der Waals surface area contributed by atoms with Gasteiger partial charge in [0, 0.05) is 18.4 Å². The van der Waals surface area contributed by atoms with Crippen molar-refractivity contribution in [2.75, 3.05) is 24.3 Å². The molecule has 0 spiro atoms. The molecule has 1 aromatic rings. The van der Waals surface area contributed by atoms with Crippen molar-refractivity contribution in [1.82, 2.24) is 0 Å². The van der Waals surface area contributed by atoms with Crippen LogP contribution in [0.15, 0.2) is 24.3 Å². The van der Waals surface area contributed by atoms with Crippen LogP contribution in [0.1, 0.15) is 48.0 Å². The molecule has 2 fully saturated rings. The number of amides is 1. The predicted molar refractivity (Wildman–Crippen MR) is 124 cm³/mol. The molecule has 2 unspecified atom stereocenters. The van der Waals surface area contributed by atoms with Crippen molar-refractivity contribution < 1.29 is 36.8 Å². The van der Waals surface area contributed by atoms with Crippen LogP contribution in [0.5, 0.6) is 0 Å². The molecule has 0 aromatic heterocycles. The van der Waals surface area contributed by atoms with Crippen molar-refractivity contribution >= 4 is 40.2 Å². The number of benzene rings is 1. The molecule has 1 aromatic carbocycles. The lowest BCUT2D eigenvalue weighted by atomic mass is 9.79. The number of sulfone groups is 1. The number of carbonyl (C=O) groups is 2. The van der Waals surface area contributed by atoms with E-state index in [1.165, 1.54) is 11.8 Å². The fourth-order valence-electron chi connectivity index (χ4n) is 3.73. The van der Waals surface area contributed by atoms with E-state index in [4.69, 9.17) is 18.8 Å². The smallest absolute Gasteiger partial charge is 0.465 e. The molecule has 9 nitrogen and oxygen atoms in total. The maximum atomic E-state index is 12.5. The topological polar surface area (TPSA) is 108 Å². The number of ether oxygens (including phenoxy) is 2. The van der Waals surface area contributed by atoms with Gasteiger partial charge in [0.25, 0.3) is 0 Å². The van der Waals surface area contributed by atoms with Crippen LogP contribution in [0.3, 0.4) is 0 Å². The van der Waals surface area contributed by atoms with E-state index in [1.54, 1.807) is 19.1 Å². The van der Waals surface area contributed by atoms with E-state index in [9.17, 15) is 18.0 Å². The quantitative estimate of drug-likeness (QED) is 0.430. The van der Waals surface area contributed by atoms with E-state index in [1.807, 2.05) is 39.8 Å². The second-order valence-electron chi connectivity index (χ2n) is 9.72. The fraction of sp³-hybridized carbons (Fsp3) is 0.636. The third kappa shape index (κ3) is 4.76. The summed E-state index contributed by atoms with van der Waals surface area (Å²) in [5.41, 5.74) is 0.467. The van der Waals surface area contributed by atoms with E-state index in [0.717, 1.165) is 11.7 Å². The zero-order valence-electron chi connectivity index (χ0n) is 20.2. The molecule has 182 valence electrons. The molecule has 0 bridgehead atoms. The molecule has 0 N–H and O–H groups in total. The molecule has 2 saturated heterocycles. The Morgan fingerprint density at radius 1 is 1.18 bits per heavy atom. The monoisotopic (exact) mass is 481 g/mol. The van der Waals surface area contributed by atoms with E-state index >= 15 is 0 Å². The Labute approximate surface area is 195 Å². The van der Waals surface area contributed by atoms with Crippen molar-refractivity contribution in [2.24, 2.45) is 0 Å². The Balaban J connectivity index is 1.73. The molecule has 2 aliphatic heterocycles. The molecule has 2 atom stereocenters. The minimum absolute atomic E-state index is 0.0512. The summed E-state index contributed by atoms with van der Waals surface area (Å²) in [5.74, 6) is -0.853. The Kier molecular flexibility index (Phi) is 6.64. The Bertz CT molecular complexity index is 1010. The highest BCUT2D eigenvalue weighted by Gasteiger charge is 2.52. The number of cyclic esters (lactones) is 1. The lowest BCUT2D eigenvalue weighted by Gasteiger charge is -2.32.